The van der Waals surface area contributed by atoms with E-state index in [0.29, 0.717) is 36.5 Å². The molecule has 0 aliphatic heterocycles. The van der Waals surface area contributed by atoms with E-state index in [-0.39, 0.29) is 12.3 Å². The molecular weight excluding hydrogens is 410 g/mol. The summed E-state index contributed by atoms with van der Waals surface area (Å²) in [5.41, 5.74) is 1.78. The molecule has 3 heterocycles. The topological polar surface area (TPSA) is 109 Å². The minimum atomic E-state index is -0.422. The third-order valence-electron chi connectivity index (χ3n) is 5.36. The van der Waals surface area contributed by atoms with Crippen molar-refractivity contribution in [2.75, 3.05) is 5.32 Å². The molecule has 0 aliphatic carbocycles. The molecule has 0 fully saturated rings. The number of rotatable bonds is 7. The Balaban J connectivity index is 1.42. The fraction of sp³-hybridized carbons (Fsp3) is 0.318. The molecule has 166 valence electrons. The molecule has 0 saturated heterocycles. The van der Waals surface area contributed by atoms with Crippen LogP contribution >= 0.6 is 0 Å². The Bertz CT molecular complexity index is 1390. The standard InChI is InChI=1S/C22H25N7O3/c1-15-12-17(29(25-15)13-16-8-5-4-6-9-16)24-18(30)10-7-11-28-14-23-20-19(28)21(31)27(3)22(32)26(20)2/h4-6,8-9,12,14H,7,10-11,13H2,1-3H3,(H,24,30). The molecule has 10 heteroatoms. The van der Waals surface area contributed by atoms with Gasteiger partial charge in [0.05, 0.1) is 18.6 Å². The van der Waals surface area contributed by atoms with Gasteiger partial charge in [-0.15, -0.1) is 0 Å². The number of imidazole rings is 1. The molecule has 0 aliphatic rings. The summed E-state index contributed by atoms with van der Waals surface area (Å²) in [6.07, 6.45) is 2.30. The van der Waals surface area contributed by atoms with Crippen LogP contribution in [0, 0.1) is 6.92 Å². The van der Waals surface area contributed by atoms with E-state index < -0.39 is 11.2 Å². The average Bonchev–Trinajstić information content (AvgIpc) is 3.34. The Labute approximate surface area is 183 Å². The van der Waals surface area contributed by atoms with Gasteiger partial charge < -0.3 is 9.88 Å². The maximum atomic E-state index is 12.5. The molecule has 0 bridgehead atoms. The van der Waals surface area contributed by atoms with Gasteiger partial charge in [-0.05, 0) is 18.9 Å². The van der Waals surface area contributed by atoms with E-state index in [1.54, 1.807) is 16.3 Å². The molecule has 0 unspecified atom stereocenters. The second-order valence-corrected chi connectivity index (χ2v) is 7.78. The van der Waals surface area contributed by atoms with Gasteiger partial charge in [-0.1, -0.05) is 30.3 Å². The molecule has 1 amide bonds. The third-order valence-corrected chi connectivity index (χ3v) is 5.36. The summed E-state index contributed by atoms with van der Waals surface area (Å²) in [7, 11) is 3.02. The van der Waals surface area contributed by atoms with E-state index >= 15 is 0 Å². The van der Waals surface area contributed by atoms with Gasteiger partial charge in [-0.3, -0.25) is 18.7 Å². The summed E-state index contributed by atoms with van der Waals surface area (Å²) in [5, 5.41) is 7.40. The number of fused-ring (bicyclic) bond motifs is 1. The van der Waals surface area contributed by atoms with Crippen molar-refractivity contribution in [3.63, 3.8) is 0 Å². The van der Waals surface area contributed by atoms with Crippen LogP contribution in [-0.2, 0) is 32.0 Å². The number of anilines is 1. The SMILES string of the molecule is Cc1cc(NC(=O)CCCn2cnc3c2c(=O)n(C)c(=O)n3C)n(Cc2ccccc2)n1. The smallest absolute Gasteiger partial charge is 0.325 e. The molecule has 0 saturated carbocycles. The summed E-state index contributed by atoms with van der Waals surface area (Å²) < 4.78 is 5.87. The summed E-state index contributed by atoms with van der Waals surface area (Å²) in [6, 6.07) is 11.8. The molecule has 0 radical (unpaired) electrons. The molecule has 4 aromatic rings. The van der Waals surface area contributed by atoms with E-state index in [4.69, 9.17) is 0 Å². The van der Waals surface area contributed by atoms with Gasteiger partial charge >= 0.3 is 5.69 Å². The van der Waals surface area contributed by atoms with Crippen molar-refractivity contribution in [2.45, 2.75) is 32.9 Å². The first-order valence-electron chi connectivity index (χ1n) is 10.3. The van der Waals surface area contributed by atoms with Gasteiger partial charge in [0.2, 0.25) is 5.91 Å². The Morgan fingerprint density at radius 3 is 2.59 bits per heavy atom. The van der Waals surface area contributed by atoms with Crippen molar-refractivity contribution < 1.29 is 4.79 Å². The lowest BCUT2D eigenvalue weighted by molar-refractivity contribution is -0.116. The van der Waals surface area contributed by atoms with Crippen molar-refractivity contribution >= 4 is 22.9 Å². The quantitative estimate of drug-likeness (QED) is 0.472. The average molecular weight is 435 g/mol. The van der Waals surface area contributed by atoms with Crippen LogP contribution in [0.3, 0.4) is 0 Å². The number of nitrogens with one attached hydrogen (secondary N) is 1. The molecule has 3 aromatic heterocycles. The molecule has 1 N–H and O–H groups in total. The molecule has 4 rings (SSSR count). The van der Waals surface area contributed by atoms with Crippen LogP contribution < -0.4 is 16.6 Å². The van der Waals surface area contributed by atoms with Crippen LogP contribution in [0.5, 0.6) is 0 Å². The van der Waals surface area contributed by atoms with Crippen molar-refractivity contribution in [3.05, 3.63) is 74.8 Å². The van der Waals surface area contributed by atoms with Gasteiger partial charge in [0.15, 0.2) is 11.2 Å². The fourth-order valence-corrected chi connectivity index (χ4v) is 3.70. The zero-order chi connectivity index (χ0) is 22.8. The number of amides is 1. The maximum absolute atomic E-state index is 12.5. The Morgan fingerprint density at radius 2 is 1.84 bits per heavy atom. The third kappa shape index (κ3) is 4.11. The molecule has 10 nitrogen and oxygen atoms in total. The second-order valence-electron chi connectivity index (χ2n) is 7.78. The normalized spacial score (nSPS) is 11.2. The number of aromatic nitrogens is 6. The highest BCUT2D eigenvalue weighted by atomic mass is 16.2. The van der Waals surface area contributed by atoms with Crippen LogP contribution in [0.25, 0.3) is 11.2 Å². The molecule has 0 spiro atoms. The van der Waals surface area contributed by atoms with Crippen LogP contribution in [0.15, 0.2) is 52.3 Å². The van der Waals surface area contributed by atoms with Crippen molar-refractivity contribution in [1.82, 2.24) is 28.5 Å². The van der Waals surface area contributed by atoms with Crippen LogP contribution in [-0.4, -0.2) is 34.4 Å². The van der Waals surface area contributed by atoms with Gasteiger partial charge in [-0.25, -0.2) is 14.5 Å². The van der Waals surface area contributed by atoms with E-state index in [1.165, 1.54) is 17.9 Å². The Kier molecular flexibility index (Phi) is 5.76. The van der Waals surface area contributed by atoms with Gasteiger partial charge in [0, 0.05) is 33.1 Å². The summed E-state index contributed by atoms with van der Waals surface area (Å²) in [6.45, 7) is 2.88. The van der Waals surface area contributed by atoms with Gasteiger partial charge in [-0.2, -0.15) is 5.10 Å². The lowest BCUT2D eigenvalue weighted by Gasteiger charge is -2.10. The maximum Gasteiger partial charge on any atom is 0.332 e. The van der Waals surface area contributed by atoms with Crippen LogP contribution in [0.4, 0.5) is 5.82 Å². The number of nitrogens with zero attached hydrogens (tertiary/aromatic N) is 6. The van der Waals surface area contributed by atoms with Crippen molar-refractivity contribution in [3.8, 4) is 0 Å². The number of carbonyl (C=O) groups excluding carboxylic acids is 1. The number of hydrogen-bond acceptors (Lipinski definition) is 5. The lowest BCUT2D eigenvalue weighted by atomic mass is 10.2. The van der Waals surface area contributed by atoms with Gasteiger partial charge in [0.1, 0.15) is 5.82 Å². The zero-order valence-electron chi connectivity index (χ0n) is 18.3. The highest BCUT2D eigenvalue weighted by Crippen LogP contribution is 2.14. The number of aryl methyl sites for hydroxylation is 3. The van der Waals surface area contributed by atoms with E-state index in [2.05, 4.69) is 15.4 Å². The predicted molar refractivity (Wildman–Crippen MR) is 121 cm³/mol. The van der Waals surface area contributed by atoms with E-state index in [9.17, 15) is 14.4 Å². The Morgan fingerprint density at radius 1 is 1.09 bits per heavy atom. The van der Waals surface area contributed by atoms with Crippen molar-refractivity contribution in [2.24, 2.45) is 14.1 Å². The zero-order valence-corrected chi connectivity index (χ0v) is 18.3. The largest absolute Gasteiger partial charge is 0.332 e. The van der Waals surface area contributed by atoms with Crippen LogP contribution in [0.2, 0.25) is 0 Å². The summed E-state index contributed by atoms with van der Waals surface area (Å²) in [5.74, 6) is 0.511. The minimum absolute atomic E-state index is 0.135. The van der Waals surface area contributed by atoms with E-state index in [0.717, 1.165) is 15.8 Å². The first-order chi connectivity index (χ1) is 15.3. The highest BCUT2D eigenvalue weighted by Gasteiger charge is 2.15. The van der Waals surface area contributed by atoms with Gasteiger partial charge in [0.25, 0.3) is 5.56 Å². The van der Waals surface area contributed by atoms with Crippen molar-refractivity contribution in [1.29, 1.82) is 0 Å². The first kappa shape index (κ1) is 21.3. The summed E-state index contributed by atoms with van der Waals surface area (Å²) in [4.78, 5) is 41.3. The van der Waals surface area contributed by atoms with E-state index in [1.807, 2.05) is 43.3 Å². The van der Waals surface area contributed by atoms with Crippen LogP contribution in [0.1, 0.15) is 24.1 Å². The second kappa shape index (κ2) is 8.66. The minimum Gasteiger partial charge on any atom is -0.325 e. The number of hydrogen-bond donors (Lipinski definition) is 1. The lowest BCUT2D eigenvalue weighted by Crippen LogP contribution is -2.37. The molecule has 32 heavy (non-hydrogen) atoms. The highest BCUT2D eigenvalue weighted by molar-refractivity contribution is 5.89. The molecule has 0 atom stereocenters. The molecular formula is C22H25N7O3. The number of carbonyl (C=O) groups is 1. The monoisotopic (exact) mass is 435 g/mol. The first-order valence-corrected chi connectivity index (χ1v) is 10.3. The fourth-order valence-electron chi connectivity index (χ4n) is 3.70. The number of benzene rings is 1. The predicted octanol–water partition coefficient (Wildman–Crippen LogP) is 1.41. The summed E-state index contributed by atoms with van der Waals surface area (Å²) >= 11 is 0. The Hall–Kier alpha value is -3.95. The molecule has 1 aromatic carbocycles.